The van der Waals surface area contributed by atoms with Gasteiger partial charge >= 0.3 is 0 Å². The van der Waals surface area contributed by atoms with Crippen LogP contribution in [-0.2, 0) is 16.7 Å². The maximum absolute atomic E-state index is 6.20. The number of hydrogen-bond donors (Lipinski definition) is 2. The Labute approximate surface area is 184 Å². The van der Waals surface area contributed by atoms with E-state index in [4.69, 9.17) is 24.7 Å². The predicted molar refractivity (Wildman–Crippen MR) is 122 cm³/mol. The molecule has 0 unspecified atom stereocenters. The molecule has 0 spiro atoms. The predicted octanol–water partition coefficient (Wildman–Crippen LogP) is 3.26. The van der Waals surface area contributed by atoms with E-state index in [2.05, 4.69) is 22.4 Å². The fraction of sp³-hybridized carbons (Fsp3) is 0.458. The molecule has 0 radical (unpaired) electrons. The first-order chi connectivity index (χ1) is 15.1. The Balaban J connectivity index is 1.67. The van der Waals surface area contributed by atoms with Crippen molar-refractivity contribution in [2.75, 3.05) is 40.6 Å². The van der Waals surface area contributed by atoms with Crippen LogP contribution in [0.15, 0.2) is 47.5 Å². The number of aliphatic imine (C=N–C) groups is 1. The second kappa shape index (κ2) is 10.9. The number of nitrogens with two attached hydrogens (primary N) is 1. The Hall–Kier alpha value is -2.93. The largest absolute Gasteiger partial charge is 0.494 e. The lowest BCUT2D eigenvalue weighted by Crippen LogP contribution is -2.46. The number of methoxy groups -OCH3 is 2. The van der Waals surface area contributed by atoms with Gasteiger partial charge in [0.25, 0.3) is 0 Å². The van der Waals surface area contributed by atoms with Gasteiger partial charge in [0, 0.05) is 25.2 Å². The monoisotopic (exact) mass is 427 g/mol. The molecule has 1 aliphatic rings. The summed E-state index contributed by atoms with van der Waals surface area (Å²) in [6, 6.07) is 14.1. The highest BCUT2D eigenvalue weighted by Gasteiger charge is 2.34. The van der Waals surface area contributed by atoms with Gasteiger partial charge in [-0.05, 0) is 55.2 Å². The number of nitrogens with zero attached hydrogens (tertiary/aromatic N) is 1. The standard InChI is InChI=1S/C24H33N3O4/c1-4-31-20-8-6-19(7-9-20)24(11-13-30-14-12-24)17-27-23(25)26-16-18-5-10-21(28-2)22(15-18)29-3/h5-10,15H,4,11-14,16-17H2,1-3H3,(H3,25,26,27). The van der Waals surface area contributed by atoms with Gasteiger partial charge in [0.05, 0.1) is 27.4 Å². The summed E-state index contributed by atoms with van der Waals surface area (Å²) in [5.74, 6) is 2.68. The molecule has 0 aliphatic carbocycles. The smallest absolute Gasteiger partial charge is 0.188 e. The van der Waals surface area contributed by atoms with E-state index < -0.39 is 0 Å². The molecule has 31 heavy (non-hydrogen) atoms. The van der Waals surface area contributed by atoms with Crippen molar-refractivity contribution in [2.24, 2.45) is 10.7 Å². The molecule has 0 bridgehead atoms. The lowest BCUT2D eigenvalue weighted by molar-refractivity contribution is 0.0514. The molecule has 1 heterocycles. The quantitative estimate of drug-likeness (QED) is 0.472. The Bertz CT molecular complexity index is 862. The summed E-state index contributed by atoms with van der Waals surface area (Å²) in [7, 11) is 3.24. The van der Waals surface area contributed by atoms with E-state index >= 15 is 0 Å². The first kappa shape index (κ1) is 22.7. The topological polar surface area (TPSA) is 87.3 Å². The van der Waals surface area contributed by atoms with Crippen molar-refractivity contribution < 1.29 is 18.9 Å². The van der Waals surface area contributed by atoms with Gasteiger partial charge in [-0.3, -0.25) is 0 Å². The van der Waals surface area contributed by atoms with Gasteiger partial charge in [0.2, 0.25) is 0 Å². The number of benzene rings is 2. The molecule has 0 aromatic heterocycles. The maximum Gasteiger partial charge on any atom is 0.188 e. The molecule has 2 aromatic rings. The highest BCUT2D eigenvalue weighted by Crippen LogP contribution is 2.35. The van der Waals surface area contributed by atoms with Crippen LogP contribution >= 0.6 is 0 Å². The zero-order chi connectivity index (χ0) is 22.1. The van der Waals surface area contributed by atoms with Gasteiger partial charge < -0.3 is 30.0 Å². The molecular formula is C24H33N3O4. The minimum Gasteiger partial charge on any atom is -0.494 e. The van der Waals surface area contributed by atoms with Crippen LogP contribution in [0.2, 0.25) is 0 Å². The summed E-state index contributed by atoms with van der Waals surface area (Å²) in [5, 5.41) is 3.34. The molecule has 168 valence electrons. The van der Waals surface area contributed by atoms with E-state index in [9.17, 15) is 0 Å². The van der Waals surface area contributed by atoms with Crippen LogP contribution in [0.25, 0.3) is 0 Å². The molecule has 0 atom stereocenters. The number of hydrogen-bond acceptors (Lipinski definition) is 5. The minimum absolute atomic E-state index is 0.0491. The molecule has 7 nitrogen and oxygen atoms in total. The third-order valence-corrected chi connectivity index (χ3v) is 5.72. The number of rotatable bonds is 9. The Morgan fingerprint density at radius 3 is 2.42 bits per heavy atom. The van der Waals surface area contributed by atoms with Crippen LogP contribution < -0.4 is 25.3 Å². The van der Waals surface area contributed by atoms with E-state index in [1.54, 1.807) is 14.2 Å². The molecule has 3 rings (SSSR count). The lowest BCUT2D eigenvalue weighted by atomic mass is 9.74. The van der Waals surface area contributed by atoms with Crippen molar-refractivity contribution >= 4 is 5.96 Å². The van der Waals surface area contributed by atoms with E-state index in [1.807, 2.05) is 37.3 Å². The third-order valence-electron chi connectivity index (χ3n) is 5.72. The van der Waals surface area contributed by atoms with Crippen molar-refractivity contribution in [1.29, 1.82) is 0 Å². The van der Waals surface area contributed by atoms with Gasteiger partial charge in [-0.25, -0.2) is 4.99 Å². The molecule has 2 aromatic carbocycles. The summed E-state index contributed by atoms with van der Waals surface area (Å²) in [5.41, 5.74) is 8.41. The van der Waals surface area contributed by atoms with Crippen molar-refractivity contribution in [2.45, 2.75) is 31.7 Å². The average Bonchev–Trinajstić information content (AvgIpc) is 2.82. The summed E-state index contributed by atoms with van der Waals surface area (Å²) >= 11 is 0. The fourth-order valence-electron chi connectivity index (χ4n) is 3.87. The van der Waals surface area contributed by atoms with Gasteiger partial charge in [0.15, 0.2) is 17.5 Å². The lowest BCUT2D eigenvalue weighted by Gasteiger charge is -2.38. The summed E-state index contributed by atoms with van der Waals surface area (Å²) in [6.07, 6.45) is 1.86. The maximum atomic E-state index is 6.20. The first-order valence-corrected chi connectivity index (χ1v) is 10.7. The van der Waals surface area contributed by atoms with E-state index in [0.29, 0.717) is 37.2 Å². The molecule has 3 N–H and O–H groups in total. The van der Waals surface area contributed by atoms with Crippen LogP contribution in [0.5, 0.6) is 17.2 Å². The zero-order valence-electron chi connectivity index (χ0n) is 18.6. The van der Waals surface area contributed by atoms with Gasteiger partial charge in [-0.2, -0.15) is 0 Å². The average molecular weight is 428 g/mol. The number of guanidine groups is 1. The Morgan fingerprint density at radius 1 is 1.06 bits per heavy atom. The van der Waals surface area contributed by atoms with E-state index in [-0.39, 0.29) is 5.41 Å². The van der Waals surface area contributed by atoms with Crippen LogP contribution in [-0.4, -0.2) is 46.5 Å². The van der Waals surface area contributed by atoms with Crippen LogP contribution in [0.4, 0.5) is 0 Å². The number of nitrogens with one attached hydrogen (secondary N) is 1. The van der Waals surface area contributed by atoms with E-state index in [1.165, 1.54) is 5.56 Å². The van der Waals surface area contributed by atoms with Gasteiger partial charge in [0.1, 0.15) is 5.75 Å². The zero-order valence-corrected chi connectivity index (χ0v) is 18.6. The molecule has 0 saturated carbocycles. The summed E-state index contributed by atoms with van der Waals surface area (Å²) < 4.78 is 21.8. The molecule has 1 fully saturated rings. The van der Waals surface area contributed by atoms with Crippen molar-refractivity contribution in [1.82, 2.24) is 5.32 Å². The van der Waals surface area contributed by atoms with Crippen molar-refractivity contribution in [3.05, 3.63) is 53.6 Å². The minimum atomic E-state index is -0.0491. The molecule has 1 aliphatic heterocycles. The number of ether oxygens (including phenoxy) is 4. The second-order valence-electron chi connectivity index (χ2n) is 7.59. The Morgan fingerprint density at radius 2 is 1.77 bits per heavy atom. The SMILES string of the molecule is CCOc1ccc(C2(CNC(N)=NCc3ccc(OC)c(OC)c3)CCOCC2)cc1. The molecule has 7 heteroatoms. The second-order valence-corrected chi connectivity index (χ2v) is 7.59. The van der Waals surface area contributed by atoms with Gasteiger partial charge in [-0.1, -0.05) is 18.2 Å². The molecule has 1 saturated heterocycles. The van der Waals surface area contributed by atoms with Crippen molar-refractivity contribution in [3.63, 3.8) is 0 Å². The highest BCUT2D eigenvalue weighted by atomic mass is 16.5. The Kier molecular flexibility index (Phi) is 8.00. The first-order valence-electron chi connectivity index (χ1n) is 10.7. The molecule has 0 amide bonds. The summed E-state index contributed by atoms with van der Waals surface area (Å²) in [6.45, 7) is 5.27. The summed E-state index contributed by atoms with van der Waals surface area (Å²) in [4.78, 5) is 4.51. The normalized spacial score (nSPS) is 15.9. The highest BCUT2D eigenvalue weighted by molar-refractivity contribution is 5.78. The van der Waals surface area contributed by atoms with E-state index in [0.717, 1.165) is 37.4 Å². The van der Waals surface area contributed by atoms with Crippen LogP contribution in [0, 0.1) is 0 Å². The van der Waals surface area contributed by atoms with Crippen molar-refractivity contribution in [3.8, 4) is 17.2 Å². The van der Waals surface area contributed by atoms with Gasteiger partial charge in [-0.15, -0.1) is 0 Å². The fourth-order valence-corrected chi connectivity index (χ4v) is 3.87. The molecular weight excluding hydrogens is 394 g/mol. The third kappa shape index (κ3) is 5.82. The van der Waals surface area contributed by atoms with Crippen LogP contribution in [0.1, 0.15) is 30.9 Å². The van der Waals surface area contributed by atoms with Crippen LogP contribution in [0.3, 0.4) is 0 Å².